The molecule has 1 saturated carbocycles. The van der Waals surface area contributed by atoms with E-state index in [1.807, 2.05) is 30.3 Å². The topological polar surface area (TPSA) is 84.7 Å². The first-order valence-corrected chi connectivity index (χ1v) is 10.8. The quantitative estimate of drug-likeness (QED) is 0.773. The summed E-state index contributed by atoms with van der Waals surface area (Å²) < 4.78 is 3.79. The largest absolute Gasteiger partial charge is 0.310 e. The lowest BCUT2D eigenvalue weighted by Gasteiger charge is -2.19. The van der Waals surface area contributed by atoms with Gasteiger partial charge in [0.1, 0.15) is 5.82 Å². The Morgan fingerprint density at radius 2 is 1.78 bits per heavy atom. The summed E-state index contributed by atoms with van der Waals surface area (Å²) in [4.78, 5) is 25.4. The summed E-state index contributed by atoms with van der Waals surface area (Å²) in [6.45, 7) is 3.99. The van der Waals surface area contributed by atoms with Crippen molar-refractivity contribution >= 4 is 23.5 Å². The van der Waals surface area contributed by atoms with Gasteiger partial charge in [-0.25, -0.2) is 0 Å². The number of nitrogens with one attached hydrogen (secondary N) is 2. The SMILES string of the molecule is Cc1nn(C)c(C)c1[C@H]1SCC(=O)Nc2c1c(=O)[nH]n2C1CCCCCC1. The van der Waals surface area contributed by atoms with Crippen LogP contribution >= 0.6 is 11.8 Å². The summed E-state index contributed by atoms with van der Waals surface area (Å²) >= 11 is 1.51. The molecule has 1 aliphatic heterocycles. The number of nitrogens with zero attached hydrogens (tertiary/aromatic N) is 3. The summed E-state index contributed by atoms with van der Waals surface area (Å²) in [7, 11) is 1.92. The van der Waals surface area contributed by atoms with Gasteiger partial charge < -0.3 is 5.32 Å². The Bertz CT molecular complexity index is 917. The van der Waals surface area contributed by atoms with Gasteiger partial charge in [-0.2, -0.15) is 5.10 Å². The third-order valence-corrected chi connectivity index (χ3v) is 7.11. The minimum atomic E-state index is -0.191. The van der Waals surface area contributed by atoms with E-state index >= 15 is 0 Å². The van der Waals surface area contributed by atoms with Crippen LogP contribution in [0.5, 0.6) is 0 Å². The van der Waals surface area contributed by atoms with Crippen LogP contribution < -0.4 is 10.9 Å². The van der Waals surface area contributed by atoms with Crippen LogP contribution in [-0.2, 0) is 11.8 Å². The maximum atomic E-state index is 13.0. The fourth-order valence-electron chi connectivity index (χ4n) is 4.43. The highest BCUT2D eigenvalue weighted by molar-refractivity contribution is 8.00. The van der Waals surface area contributed by atoms with Gasteiger partial charge in [0.2, 0.25) is 5.91 Å². The molecule has 7 nitrogen and oxygen atoms in total. The second-order valence-electron chi connectivity index (χ2n) is 7.67. The highest BCUT2D eigenvalue weighted by atomic mass is 32.2. The Balaban J connectivity index is 1.85. The number of H-pyrrole nitrogens is 1. The van der Waals surface area contributed by atoms with Crippen molar-refractivity contribution in [3.63, 3.8) is 0 Å². The molecule has 146 valence electrons. The zero-order chi connectivity index (χ0) is 19.1. The molecule has 3 heterocycles. The molecule has 8 heteroatoms. The zero-order valence-electron chi connectivity index (χ0n) is 16.2. The number of fused-ring (bicyclic) bond motifs is 1. The monoisotopic (exact) mass is 389 g/mol. The van der Waals surface area contributed by atoms with Gasteiger partial charge in [-0.15, -0.1) is 11.8 Å². The van der Waals surface area contributed by atoms with Gasteiger partial charge in [0, 0.05) is 18.3 Å². The van der Waals surface area contributed by atoms with Gasteiger partial charge in [0.25, 0.3) is 5.56 Å². The number of rotatable bonds is 2. The van der Waals surface area contributed by atoms with Crippen molar-refractivity contribution in [3.8, 4) is 0 Å². The van der Waals surface area contributed by atoms with Crippen LogP contribution in [-0.4, -0.2) is 31.2 Å². The lowest BCUT2D eigenvalue weighted by atomic mass is 10.0. The predicted octanol–water partition coefficient (Wildman–Crippen LogP) is 3.20. The Labute approximate surface area is 162 Å². The number of aromatic nitrogens is 4. The fraction of sp³-hybridized carbons (Fsp3) is 0.632. The van der Waals surface area contributed by atoms with E-state index in [9.17, 15) is 9.59 Å². The van der Waals surface area contributed by atoms with Crippen LogP contribution in [0.15, 0.2) is 4.79 Å². The van der Waals surface area contributed by atoms with E-state index in [2.05, 4.69) is 15.5 Å². The summed E-state index contributed by atoms with van der Waals surface area (Å²) in [6, 6.07) is 0.240. The van der Waals surface area contributed by atoms with Crippen molar-refractivity contribution in [1.29, 1.82) is 0 Å². The number of carbonyl (C=O) groups excluding carboxylic acids is 1. The smallest absolute Gasteiger partial charge is 0.270 e. The molecule has 2 N–H and O–H groups in total. The molecule has 0 radical (unpaired) electrons. The number of amides is 1. The highest BCUT2D eigenvalue weighted by Crippen LogP contribution is 2.43. The van der Waals surface area contributed by atoms with Crippen LogP contribution in [0.3, 0.4) is 0 Å². The number of aromatic amines is 1. The van der Waals surface area contributed by atoms with Crippen molar-refractivity contribution in [3.05, 3.63) is 32.9 Å². The summed E-state index contributed by atoms with van der Waals surface area (Å²) in [6.07, 6.45) is 6.87. The van der Waals surface area contributed by atoms with Crippen LogP contribution in [0.1, 0.15) is 72.3 Å². The lowest BCUT2D eigenvalue weighted by Crippen LogP contribution is -2.19. The minimum Gasteiger partial charge on any atom is -0.310 e. The Morgan fingerprint density at radius 3 is 2.41 bits per heavy atom. The molecule has 1 fully saturated rings. The molecular weight excluding hydrogens is 362 g/mol. The standard InChI is InChI=1S/C19H27N5O2S/c1-11-15(12(2)23(3)21-11)17-16-18(20-14(25)10-27-17)24(22-19(16)26)13-8-6-4-5-7-9-13/h13,17H,4-10H2,1-3H3,(H,20,25)(H,22,26)/t17-/m1/s1. The molecule has 0 spiro atoms. The Kier molecular flexibility index (Phi) is 4.92. The van der Waals surface area contributed by atoms with Gasteiger partial charge in [0.15, 0.2) is 0 Å². The van der Waals surface area contributed by atoms with Crippen molar-refractivity contribution in [2.45, 2.75) is 63.7 Å². The van der Waals surface area contributed by atoms with Crippen LogP contribution in [0, 0.1) is 13.8 Å². The van der Waals surface area contributed by atoms with Gasteiger partial charge >= 0.3 is 0 Å². The van der Waals surface area contributed by atoms with E-state index in [4.69, 9.17) is 0 Å². The average molecular weight is 390 g/mol. The van der Waals surface area contributed by atoms with Crippen LogP contribution in [0.4, 0.5) is 5.82 Å². The molecular formula is C19H27N5O2S. The normalized spacial score (nSPS) is 21.4. The molecule has 0 bridgehead atoms. The molecule has 1 amide bonds. The maximum Gasteiger partial charge on any atom is 0.270 e. The molecule has 1 aliphatic carbocycles. The number of hydrogen-bond acceptors (Lipinski definition) is 4. The first kappa shape index (κ1) is 18.4. The molecule has 2 aromatic heterocycles. The lowest BCUT2D eigenvalue weighted by molar-refractivity contribution is -0.113. The van der Waals surface area contributed by atoms with Crippen molar-refractivity contribution in [2.75, 3.05) is 11.1 Å². The molecule has 0 unspecified atom stereocenters. The number of thioether (sulfide) groups is 1. The van der Waals surface area contributed by atoms with E-state index < -0.39 is 0 Å². The van der Waals surface area contributed by atoms with E-state index in [0.717, 1.165) is 42.6 Å². The van der Waals surface area contributed by atoms with E-state index in [1.165, 1.54) is 24.6 Å². The maximum absolute atomic E-state index is 13.0. The van der Waals surface area contributed by atoms with Gasteiger partial charge in [-0.1, -0.05) is 25.7 Å². The molecule has 1 atom stereocenters. The van der Waals surface area contributed by atoms with E-state index in [1.54, 1.807) is 0 Å². The number of hydrogen-bond donors (Lipinski definition) is 2. The Hall–Kier alpha value is -1.96. The zero-order valence-corrected chi connectivity index (χ0v) is 17.0. The molecule has 27 heavy (non-hydrogen) atoms. The Morgan fingerprint density at radius 1 is 1.07 bits per heavy atom. The second-order valence-corrected chi connectivity index (χ2v) is 8.76. The third kappa shape index (κ3) is 3.24. The van der Waals surface area contributed by atoms with E-state index in [0.29, 0.717) is 17.1 Å². The number of carbonyl (C=O) groups is 1. The van der Waals surface area contributed by atoms with Gasteiger partial charge in [-0.05, 0) is 26.7 Å². The third-order valence-electron chi connectivity index (χ3n) is 5.88. The second kappa shape index (κ2) is 7.22. The predicted molar refractivity (Wildman–Crippen MR) is 107 cm³/mol. The summed E-state index contributed by atoms with van der Waals surface area (Å²) in [5.41, 5.74) is 3.55. The number of anilines is 1. The first-order valence-electron chi connectivity index (χ1n) is 9.73. The molecule has 2 aliphatic rings. The highest BCUT2D eigenvalue weighted by Gasteiger charge is 2.34. The average Bonchev–Trinajstić information content (AvgIpc) is 2.91. The number of aryl methyl sites for hydroxylation is 2. The van der Waals surface area contributed by atoms with Crippen molar-refractivity contribution in [1.82, 2.24) is 19.6 Å². The minimum absolute atomic E-state index is 0.0516. The van der Waals surface area contributed by atoms with Gasteiger partial charge in [-0.3, -0.25) is 24.1 Å². The summed E-state index contributed by atoms with van der Waals surface area (Å²) in [5, 5.41) is 10.4. The van der Waals surface area contributed by atoms with Crippen molar-refractivity contribution in [2.24, 2.45) is 7.05 Å². The van der Waals surface area contributed by atoms with Gasteiger partial charge in [0.05, 0.1) is 28.3 Å². The first-order chi connectivity index (χ1) is 13.0. The van der Waals surface area contributed by atoms with Crippen LogP contribution in [0.25, 0.3) is 0 Å². The molecule has 0 aromatic carbocycles. The summed E-state index contributed by atoms with van der Waals surface area (Å²) in [5.74, 6) is 0.941. The van der Waals surface area contributed by atoms with E-state index in [-0.39, 0.29) is 22.8 Å². The molecule has 4 rings (SSSR count). The van der Waals surface area contributed by atoms with Crippen LogP contribution in [0.2, 0.25) is 0 Å². The van der Waals surface area contributed by atoms with Crippen molar-refractivity contribution < 1.29 is 4.79 Å². The fourth-order valence-corrected chi connectivity index (χ4v) is 5.71. The molecule has 2 aromatic rings. The molecule has 0 saturated heterocycles.